The van der Waals surface area contributed by atoms with Crippen molar-refractivity contribution in [3.63, 3.8) is 0 Å². The third-order valence-electron chi connectivity index (χ3n) is 9.81. The average Bonchev–Trinajstić information content (AvgIpc) is 3.05. The van der Waals surface area contributed by atoms with E-state index >= 15 is 0 Å². The second-order valence-corrected chi connectivity index (χ2v) is 11.0. The Morgan fingerprint density at radius 3 is 2.45 bits per heavy atom. The Labute approximate surface area is 175 Å². The van der Waals surface area contributed by atoms with E-state index in [1.54, 1.807) is 0 Å². The fraction of sp³-hybridized carbons (Fsp3) is 0.731. The van der Waals surface area contributed by atoms with Crippen LogP contribution in [0, 0.1) is 34.5 Å². The van der Waals surface area contributed by atoms with Crippen LogP contribution in [0.5, 0.6) is 0 Å². The van der Waals surface area contributed by atoms with E-state index in [1.807, 2.05) is 30.3 Å². The number of rotatable bonds is 2. The monoisotopic (exact) mass is 396 g/mol. The van der Waals surface area contributed by atoms with Crippen LogP contribution < -0.4 is 0 Å². The lowest BCUT2D eigenvalue weighted by Gasteiger charge is -2.60. The fourth-order valence-corrected chi connectivity index (χ4v) is 8.15. The molecule has 1 aromatic carbocycles. The molecule has 8 atom stereocenters. The first-order chi connectivity index (χ1) is 13.9. The minimum Gasteiger partial charge on any atom is -0.458 e. The topological polar surface area (TPSA) is 46.5 Å². The van der Waals surface area contributed by atoms with Crippen LogP contribution in [0.15, 0.2) is 30.3 Å². The summed E-state index contributed by atoms with van der Waals surface area (Å²) >= 11 is 0. The van der Waals surface area contributed by atoms with Gasteiger partial charge in [-0.3, -0.25) is 0 Å². The molecule has 0 radical (unpaired) electrons. The molecule has 4 aliphatic rings. The smallest absolute Gasteiger partial charge is 0.338 e. The van der Waals surface area contributed by atoms with Crippen LogP contribution in [-0.2, 0) is 4.74 Å². The molecule has 3 nitrogen and oxygen atoms in total. The first kappa shape index (κ1) is 19.6. The lowest BCUT2D eigenvalue weighted by molar-refractivity contribution is -0.134. The molecule has 3 heteroatoms. The number of hydrogen-bond acceptors (Lipinski definition) is 3. The zero-order valence-electron chi connectivity index (χ0n) is 18.0. The second-order valence-electron chi connectivity index (χ2n) is 11.0. The van der Waals surface area contributed by atoms with Crippen LogP contribution in [0.3, 0.4) is 0 Å². The van der Waals surface area contributed by atoms with E-state index in [0.29, 0.717) is 22.8 Å². The zero-order valence-corrected chi connectivity index (χ0v) is 18.0. The summed E-state index contributed by atoms with van der Waals surface area (Å²) in [4.78, 5) is 12.7. The Morgan fingerprint density at radius 1 is 0.931 bits per heavy atom. The van der Waals surface area contributed by atoms with Crippen LogP contribution in [0.4, 0.5) is 0 Å². The van der Waals surface area contributed by atoms with Gasteiger partial charge in [0, 0.05) is 5.41 Å². The first-order valence-corrected chi connectivity index (χ1v) is 11.9. The van der Waals surface area contributed by atoms with Gasteiger partial charge >= 0.3 is 5.97 Å². The summed E-state index contributed by atoms with van der Waals surface area (Å²) in [5.74, 6) is 2.78. The number of ether oxygens (including phenoxy) is 1. The van der Waals surface area contributed by atoms with Gasteiger partial charge in [-0.15, -0.1) is 0 Å². The molecule has 4 fully saturated rings. The summed E-state index contributed by atoms with van der Waals surface area (Å²) < 4.78 is 6.12. The normalized spacial score (nSPS) is 46.3. The van der Waals surface area contributed by atoms with Crippen LogP contribution in [0.2, 0.25) is 0 Å². The molecular weight excluding hydrogens is 360 g/mol. The molecule has 0 aromatic heterocycles. The van der Waals surface area contributed by atoms with Crippen molar-refractivity contribution in [2.24, 2.45) is 34.5 Å². The standard InChI is InChI=1S/C26H36O3/c1-25-14-12-19(27)16-18(25)8-9-20-21-10-11-23(26(21,2)15-13-22(20)25)29-24(28)17-6-4-3-5-7-17/h3-7,18-23,27H,8-16H2,1-2H3/t18-,19-,20-,21-,22-,23-,25-,26-/m0/s1. The van der Waals surface area contributed by atoms with Crippen molar-refractivity contribution < 1.29 is 14.6 Å². The number of aliphatic hydroxyl groups excluding tert-OH is 1. The van der Waals surface area contributed by atoms with Gasteiger partial charge in [0.25, 0.3) is 0 Å². The van der Waals surface area contributed by atoms with E-state index in [9.17, 15) is 9.90 Å². The average molecular weight is 397 g/mol. The van der Waals surface area contributed by atoms with Crippen molar-refractivity contribution in [3.05, 3.63) is 35.9 Å². The van der Waals surface area contributed by atoms with E-state index in [4.69, 9.17) is 4.74 Å². The molecule has 0 heterocycles. The van der Waals surface area contributed by atoms with Gasteiger partial charge in [0.2, 0.25) is 0 Å². The Hall–Kier alpha value is -1.35. The fourth-order valence-electron chi connectivity index (χ4n) is 8.15. The van der Waals surface area contributed by atoms with Crippen LogP contribution in [0.1, 0.15) is 82.0 Å². The lowest BCUT2D eigenvalue weighted by Crippen LogP contribution is -2.54. The summed E-state index contributed by atoms with van der Waals surface area (Å²) in [6.45, 7) is 4.94. The van der Waals surface area contributed by atoms with Crippen molar-refractivity contribution >= 4 is 5.97 Å². The molecule has 0 amide bonds. The maximum Gasteiger partial charge on any atom is 0.338 e. The van der Waals surface area contributed by atoms with Gasteiger partial charge < -0.3 is 9.84 Å². The molecule has 4 saturated carbocycles. The Bertz CT molecular complexity index is 760. The van der Waals surface area contributed by atoms with Crippen LogP contribution in [-0.4, -0.2) is 23.3 Å². The summed E-state index contributed by atoms with van der Waals surface area (Å²) in [7, 11) is 0. The van der Waals surface area contributed by atoms with Crippen LogP contribution >= 0.6 is 0 Å². The highest BCUT2D eigenvalue weighted by Gasteiger charge is 2.61. The van der Waals surface area contributed by atoms with E-state index in [1.165, 1.54) is 38.5 Å². The summed E-state index contributed by atoms with van der Waals surface area (Å²) in [6.07, 6.45) is 10.4. The highest BCUT2D eigenvalue weighted by atomic mass is 16.5. The largest absolute Gasteiger partial charge is 0.458 e. The van der Waals surface area contributed by atoms with Crippen molar-refractivity contribution in [1.82, 2.24) is 0 Å². The molecule has 29 heavy (non-hydrogen) atoms. The summed E-state index contributed by atoms with van der Waals surface area (Å²) in [5.41, 5.74) is 1.20. The lowest BCUT2D eigenvalue weighted by atomic mass is 9.45. The van der Waals surface area contributed by atoms with Gasteiger partial charge in [-0.1, -0.05) is 32.0 Å². The Balaban J connectivity index is 1.34. The Kier molecular flexibility index (Phi) is 4.81. The predicted molar refractivity (Wildman–Crippen MR) is 113 cm³/mol. The number of esters is 1. The highest BCUT2D eigenvalue weighted by molar-refractivity contribution is 5.89. The van der Waals surface area contributed by atoms with Crippen molar-refractivity contribution in [2.45, 2.75) is 83.8 Å². The van der Waals surface area contributed by atoms with E-state index in [0.717, 1.165) is 31.1 Å². The quantitative estimate of drug-likeness (QED) is 0.660. The first-order valence-electron chi connectivity index (χ1n) is 11.9. The van der Waals surface area contributed by atoms with E-state index in [-0.39, 0.29) is 23.6 Å². The summed E-state index contributed by atoms with van der Waals surface area (Å²) in [5, 5.41) is 10.2. The second kappa shape index (κ2) is 7.11. The maximum atomic E-state index is 12.7. The van der Waals surface area contributed by atoms with Gasteiger partial charge in [-0.2, -0.15) is 0 Å². The predicted octanol–water partition coefficient (Wildman–Crippen LogP) is 5.62. The Morgan fingerprint density at radius 2 is 1.66 bits per heavy atom. The van der Waals surface area contributed by atoms with Gasteiger partial charge in [-0.05, 0) is 99.0 Å². The third-order valence-corrected chi connectivity index (χ3v) is 9.81. The molecule has 0 bridgehead atoms. The van der Waals surface area contributed by atoms with Crippen molar-refractivity contribution in [1.29, 1.82) is 0 Å². The van der Waals surface area contributed by atoms with Gasteiger partial charge in [-0.25, -0.2) is 4.79 Å². The molecule has 158 valence electrons. The summed E-state index contributed by atoms with van der Waals surface area (Å²) in [6, 6.07) is 9.45. The number of benzene rings is 1. The van der Waals surface area contributed by atoms with E-state index < -0.39 is 0 Å². The van der Waals surface area contributed by atoms with Crippen molar-refractivity contribution in [2.75, 3.05) is 0 Å². The number of fused-ring (bicyclic) bond motifs is 5. The zero-order chi connectivity index (χ0) is 20.2. The molecule has 0 spiro atoms. The molecule has 5 rings (SSSR count). The number of aliphatic hydroxyl groups is 1. The van der Waals surface area contributed by atoms with Crippen molar-refractivity contribution in [3.8, 4) is 0 Å². The van der Waals surface area contributed by atoms with Gasteiger partial charge in [0.1, 0.15) is 6.10 Å². The number of carbonyl (C=O) groups is 1. The molecule has 0 unspecified atom stereocenters. The molecular formula is C26H36O3. The molecule has 1 aromatic rings. The molecule has 0 saturated heterocycles. The minimum absolute atomic E-state index is 0.0554. The van der Waals surface area contributed by atoms with Crippen LogP contribution in [0.25, 0.3) is 0 Å². The number of hydrogen-bond donors (Lipinski definition) is 1. The molecule has 4 aliphatic carbocycles. The SMILES string of the molecule is C[C@]12CC[C@H](O)C[C@@H]1CC[C@@H]1[C@@H]2CC[C@]2(C)[C@@H](OC(=O)c3ccccc3)CC[C@@H]12. The molecule has 1 N–H and O–H groups in total. The molecule has 0 aliphatic heterocycles. The third kappa shape index (κ3) is 3.07. The maximum absolute atomic E-state index is 12.7. The van der Waals surface area contributed by atoms with Gasteiger partial charge in [0.15, 0.2) is 0 Å². The number of carbonyl (C=O) groups excluding carboxylic acids is 1. The minimum atomic E-state index is -0.156. The van der Waals surface area contributed by atoms with E-state index in [2.05, 4.69) is 13.8 Å². The highest BCUT2D eigenvalue weighted by Crippen LogP contribution is 2.66. The van der Waals surface area contributed by atoms with Gasteiger partial charge in [0.05, 0.1) is 11.7 Å².